The Kier molecular flexibility index (Phi) is 2.31. The minimum atomic E-state index is 0.816. The van der Waals surface area contributed by atoms with E-state index in [2.05, 4.69) is 31.8 Å². The lowest BCUT2D eigenvalue weighted by Crippen LogP contribution is -2.00. The molecule has 0 amide bonds. The molecule has 0 spiro atoms. The maximum absolute atomic E-state index is 4.03. The Morgan fingerprint density at radius 2 is 2.54 bits per heavy atom. The van der Waals surface area contributed by atoms with Crippen molar-refractivity contribution in [3.63, 3.8) is 0 Å². The van der Waals surface area contributed by atoms with Crippen molar-refractivity contribution in [3.05, 3.63) is 24.3 Å². The van der Waals surface area contributed by atoms with E-state index in [1.165, 1.54) is 0 Å². The standard InChI is InChI=1S/C7H9N6/c1(3-7-9-11-12-10-7)5-13-6-2-4-8-13/h4,6H,1,3,5H2,(H,9,10,11,12). The van der Waals surface area contributed by atoms with Gasteiger partial charge in [-0.05, 0) is 16.8 Å². The van der Waals surface area contributed by atoms with Gasteiger partial charge in [-0.3, -0.25) is 4.68 Å². The van der Waals surface area contributed by atoms with Gasteiger partial charge in [-0.15, -0.1) is 5.10 Å². The number of nitrogens with one attached hydrogen (secondary N) is 1. The Balaban J connectivity index is 1.76. The lowest BCUT2D eigenvalue weighted by atomic mass is 10.3. The summed E-state index contributed by atoms with van der Waals surface area (Å²) in [5.74, 6) is 0.816. The van der Waals surface area contributed by atoms with Crippen LogP contribution in [-0.4, -0.2) is 30.4 Å². The predicted molar refractivity (Wildman–Crippen MR) is 43.6 cm³/mol. The van der Waals surface area contributed by atoms with Crippen LogP contribution in [-0.2, 0) is 13.0 Å². The van der Waals surface area contributed by atoms with Crippen molar-refractivity contribution in [2.45, 2.75) is 19.4 Å². The lowest BCUT2D eigenvalue weighted by molar-refractivity contribution is 0.571. The minimum Gasteiger partial charge on any atom is -0.272 e. The monoisotopic (exact) mass is 177 g/mol. The Morgan fingerprint density at radius 3 is 3.23 bits per heavy atom. The van der Waals surface area contributed by atoms with Crippen LogP contribution in [0.3, 0.4) is 0 Å². The minimum absolute atomic E-state index is 0.816. The molecular weight excluding hydrogens is 168 g/mol. The van der Waals surface area contributed by atoms with E-state index in [1.807, 2.05) is 10.9 Å². The highest BCUT2D eigenvalue weighted by molar-refractivity contribution is 4.77. The van der Waals surface area contributed by atoms with E-state index < -0.39 is 0 Å². The fraction of sp³-hybridized carbons (Fsp3) is 0.429. The van der Waals surface area contributed by atoms with Gasteiger partial charge in [0.25, 0.3) is 0 Å². The van der Waals surface area contributed by atoms with Crippen molar-refractivity contribution in [2.24, 2.45) is 0 Å². The van der Waals surface area contributed by atoms with Gasteiger partial charge in [-0.1, -0.05) is 0 Å². The highest BCUT2D eigenvalue weighted by atomic mass is 15.5. The Hall–Kier alpha value is -1.72. The molecule has 13 heavy (non-hydrogen) atoms. The van der Waals surface area contributed by atoms with Gasteiger partial charge in [-0.2, -0.15) is 5.10 Å². The second-order valence-electron chi connectivity index (χ2n) is 2.65. The van der Waals surface area contributed by atoms with Crippen LogP contribution in [0.5, 0.6) is 0 Å². The van der Waals surface area contributed by atoms with Crippen molar-refractivity contribution >= 4 is 0 Å². The molecular formula is C7H9N6. The van der Waals surface area contributed by atoms with E-state index in [9.17, 15) is 0 Å². The van der Waals surface area contributed by atoms with Crippen molar-refractivity contribution in [2.75, 3.05) is 0 Å². The molecule has 0 saturated carbocycles. The molecule has 0 aromatic carbocycles. The molecule has 2 aromatic heterocycles. The van der Waals surface area contributed by atoms with Crippen molar-refractivity contribution < 1.29 is 0 Å². The first-order chi connectivity index (χ1) is 6.45. The van der Waals surface area contributed by atoms with Crippen LogP contribution >= 0.6 is 0 Å². The number of hydrogen-bond donors (Lipinski definition) is 1. The first-order valence-corrected chi connectivity index (χ1v) is 4.06. The molecule has 0 unspecified atom stereocenters. The summed E-state index contributed by atoms with van der Waals surface area (Å²) < 4.78 is 1.84. The number of hydrogen-bond acceptors (Lipinski definition) is 4. The number of nitrogens with zero attached hydrogens (tertiary/aromatic N) is 5. The van der Waals surface area contributed by atoms with Gasteiger partial charge in [0.05, 0.1) is 6.20 Å². The first kappa shape index (κ1) is 7.90. The SMILES string of the molecule is [c]1cnn(CCCc2nnn[nH]2)c1. The molecule has 67 valence electrons. The second kappa shape index (κ2) is 3.79. The van der Waals surface area contributed by atoms with E-state index in [1.54, 1.807) is 6.20 Å². The van der Waals surface area contributed by atoms with Crippen LogP contribution in [0.1, 0.15) is 12.2 Å². The maximum Gasteiger partial charge on any atom is 0.148 e. The molecule has 1 N–H and O–H groups in total. The molecule has 6 heteroatoms. The van der Waals surface area contributed by atoms with Crippen molar-refractivity contribution in [1.29, 1.82) is 0 Å². The summed E-state index contributed by atoms with van der Waals surface area (Å²) >= 11 is 0. The van der Waals surface area contributed by atoms with Crippen LogP contribution in [0.25, 0.3) is 0 Å². The van der Waals surface area contributed by atoms with E-state index in [4.69, 9.17) is 0 Å². The second-order valence-corrected chi connectivity index (χ2v) is 2.65. The number of tetrazole rings is 1. The topological polar surface area (TPSA) is 72.3 Å². The maximum atomic E-state index is 4.03. The van der Waals surface area contributed by atoms with Crippen LogP contribution < -0.4 is 0 Å². The summed E-state index contributed by atoms with van der Waals surface area (Å²) in [6, 6.07) is 2.88. The Labute approximate surface area is 75.0 Å². The molecule has 6 nitrogen and oxygen atoms in total. The Bertz CT molecular complexity index is 290. The molecule has 1 radical (unpaired) electrons. The fourth-order valence-corrected chi connectivity index (χ4v) is 1.08. The van der Waals surface area contributed by atoms with Gasteiger partial charge in [0.15, 0.2) is 0 Å². The van der Waals surface area contributed by atoms with E-state index in [-0.39, 0.29) is 0 Å². The van der Waals surface area contributed by atoms with Gasteiger partial charge in [0.2, 0.25) is 0 Å². The molecule has 2 rings (SSSR count). The lowest BCUT2D eigenvalue weighted by Gasteiger charge is -1.97. The zero-order chi connectivity index (χ0) is 8.93. The summed E-state index contributed by atoms with van der Waals surface area (Å²) in [6.45, 7) is 0.865. The zero-order valence-corrected chi connectivity index (χ0v) is 7.01. The van der Waals surface area contributed by atoms with E-state index >= 15 is 0 Å². The summed E-state index contributed by atoms with van der Waals surface area (Å²) in [4.78, 5) is 0. The Morgan fingerprint density at radius 1 is 1.54 bits per heavy atom. The van der Waals surface area contributed by atoms with Gasteiger partial charge in [-0.25, -0.2) is 5.10 Å². The summed E-state index contributed by atoms with van der Waals surface area (Å²) in [6.07, 6.45) is 5.27. The average molecular weight is 177 g/mol. The van der Waals surface area contributed by atoms with E-state index in [0.29, 0.717) is 0 Å². The van der Waals surface area contributed by atoms with Crippen molar-refractivity contribution in [3.8, 4) is 0 Å². The summed E-state index contributed by atoms with van der Waals surface area (Å²) in [7, 11) is 0. The highest BCUT2D eigenvalue weighted by Gasteiger charge is 1.96. The van der Waals surface area contributed by atoms with Gasteiger partial charge in [0, 0.05) is 25.2 Å². The van der Waals surface area contributed by atoms with Crippen LogP contribution in [0.4, 0.5) is 0 Å². The van der Waals surface area contributed by atoms with Crippen LogP contribution in [0, 0.1) is 6.07 Å². The number of aryl methyl sites for hydroxylation is 2. The molecule has 0 aliphatic rings. The number of H-pyrrole nitrogens is 1. The quantitative estimate of drug-likeness (QED) is 0.703. The molecule has 2 aromatic rings. The third kappa shape index (κ3) is 2.11. The highest BCUT2D eigenvalue weighted by Crippen LogP contribution is 1.95. The van der Waals surface area contributed by atoms with Gasteiger partial charge >= 0.3 is 0 Å². The summed E-state index contributed by atoms with van der Waals surface area (Å²) in [5, 5.41) is 17.5. The molecule has 0 bridgehead atoms. The number of rotatable bonds is 4. The zero-order valence-electron chi connectivity index (χ0n) is 7.01. The van der Waals surface area contributed by atoms with Gasteiger partial charge < -0.3 is 0 Å². The van der Waals surface area contributed by atoms with E-state index in [0.717, 1.165) is 25.2 Å². The van der Waals surface area contributed by atoms with Gasteiger partial charge in [0.1, 0.15) is 5.82 Å². The first-order valence-electron chi connectivity index (χ1n) is 4.06. The molecule has 0 aliphatic carbocycles. The summed E-state index contributed by atoms with van der Waals surface area (Å²) in [5.41, 5.74) is 0. The number of aromatic nitrogens is 6. The predicted octanol–water partition coefficient (Wildman–Crippen LogP) is -0.171. The number of aromatic amines is 1. The molecule has 0 atom stereocenters. The third-order valence-electron chi connectivity index (χ3n) is 1.69. The fourth-order valence-electron chi connectivity index (χ4n) is 1.08. The normalized spacial score (nSPS) is 10.5. The molecule has 0 fully saturated rings. The molecule has 0 saturated heterocycles. The third-order valence-corrected chi connectivity index (χ3v) is 1.69. The smallest absolute Gasteiger partial charge is 0.148 e. The molecule has 2 heterocycles. The molecule has 0 aliphatic heterocycles. The average Bonchev–Trinajstić information content (AvgIpc) is 2.75. The van der Waals surface area contributed by atoms with Crippen LogP contribution in [0.15, 0.2) is 12.4 Å². The van der Waals surface area contributed by atoms with Crippen molar-refractivity contribution in [1.82, 2.24) is 30.4 Å². The van der Waals surface area contributed by atoms with Crippen LogP contribution in [0.2, 0.25) is 0 Å². The largest absolute Gasteiger partial charge is 0.272 e.